The fraction of sp³-hybridized carbons (Fsp3) is 0.273. The summed E-state index contributed by atoms with van der Waals surface area (Å²) in [6, 6.07) is 2.03. The van der Waals surface area contributed by atoms with Crippen LogP contribution in [0.3, 0.4) is 0 Å². The van der Waals surface area contributed by atoms with E-state index in [0.29, 0.717) is 19.4 Å². The van der Waals surface area contributed by atoms with E-state index in [1.807, 2.05) is 0 Å². The highest BCUT2D eigenvalue weighted by atomic mass is 19.2. The molecule has 0 spiro atoms. The number of terminal acetylenes is 1. The van der Waals surface area contributed by atoms with Crippen LogP contribution in [0.4, 0.5) is 18.9 Å². The smallest absolute Gasteiger partial charge is 0.196 e. The van der Waals surface area contributed by atoms with Crippen molar-refractivity contribution in [3.63, 3.8) is 0 Å². The molecule has 1 N–H and O–H groups in total. The zero-order valence-corrected chi connectivity index (χ0v) is 7.99. The lowest BCUT2D eigenvalue weighted by Crippen LogP contribution is -2.05. The van der Waals surface area contributed by atoms with E-state index in [9.17, 15) is 13.2 Å². The lowest BCUT2D eigenvalue weighted by molar-refractivity contribution is 0.449. The molecule has 0 aliphatic heterocycles. The van der Waals surface area contributed by atoms with Gasteiger partial charge in [-0.3, -0.25) is 0 Å². The standard InChI is InChI=1S/C11H10F3N/c1-2-3-4-7-15-9-6-5-8(12)10(13)11(9)14/h1,5-6,15H,3-4,7H2. The molecule has 0 radical (unpaired) electrons. The number of anilines is 1. The van der Waals surface area contributed by atoms with Gasteiger partial charge in [0.2, 0.25) is 0 Å². The molecule has 1 aromatic carbocycles. The minimum absolute atomic E-state index is 0.0501. The molecule has 0 saturated carbocycles. The van der Waals surface area contributed by atoms with Crippen LogP contribution in [0.15, 0.2) is 12.1 Å². The zero-order chi connectivity index (χ0) is 11.3. The van der Waals surface area contributed by atoms with E-state index in [1.165, 1.54) is 0 Å². The Labute approximate surface area is 86.3 Å². The van der Waals surface area contributed by atoms with Crippen molar-refractivity contribution in [2.24, 2.45) is 0 Å². The van der Waals surface area contributed by atoms with Crippen molar-refractivity contribution in [1.29, 1.82) is 0 Å². The largest absolute Gasteiger partial charge is 0.383 e. The second-order valence-corrected chi connectivity index (χ2v) is 2.96. The Hall–Kier alpha value is -1.63. The number of hydrogen-bond donors (Lipinski definition) is 1. The first-order valence-corrected chi connectivity index (χ1v) is 4.47. The molecule has 0 saturated heterocycles. The number of unbranched alkanes of at least 4 members (excludes halogenated alkanes) is 1. The van der Waals surface area contributed by atoms with Crippen molar-refractivity contribution in [2.75, 3.05) is 11.9 Å². The molecule has 4 heteroatoms. The predicted octanol–water partition coefficient (Wildman–Crippen LogP) is 2.93. The molecule has 0 aliphatic rings. The van der Waals surface area contributed by atoms with Gasteiger partial charge in [0.15, 0.2) is 17.5 Å². The number of rotatable bonds is 4. The van der Waals surface area contributed by atoms with Crippen molar-refractivity contribution in [2.45, 2.75) is 12.8 Å². The van der Waals surface area contributed by atoms with Gasteiger partial charge in [0.1, 0.15) is 0 Å². The van der Waals surface area contributed by atoms with Crippen LogP contribution in [0.2, 0.25) is 0 Å². The molecule has 1 nitrogen and oxygen atoms in total. The SMILES string of the molecule is C#CCCCNc1ccc(F)c(F)c1F. The molecule has 0 atom stereocenters. The normalized spacial score (nSPS) is 9.73. The molecule has 0 bridgehead atoms. The Morgan fingerprint density at radius 2 is 1.93 bits per heavy atom. The number of halogens is 3. The van der Waals surface area contributed by atoms with E-state index in [-0.39, 0.29) is 5.69 Å². The fourth-order valence-corrected chi connectivity index (χ4v) is 1.08. The summed E-state index contributed by atoms with van der Waals surface area (Å²) < 4.78 is 38.3. The van der Waals surface area contributed by atoms with Crippen LogP contribution in [-0.4, -0.2) is 6.54 Å². The molecule has 80 valence electrons. The van der Waals surface area contributed by atoms with Crippen LogP contribution in [0.1, 0.15) is 12.8 Å². The van der Waals surface area contributed by atoms with Crippen molar-refractivity contribution in [3.05, 3.63) is 29.6 Å². The summed E-state index contributed by atoms with van der Waals surface area (Å²) >= 11 is 0. The van der Waals surface area contributed by atoms with Crippen LogP contribution in [0.25, 0.3) is 0 Å². The topological polar surface area (TPSA) is 12.0 Å². The Morgan fingerprint density at radius 3 is 2.60 bits per heavy atom. The Morgan fingerprint density at radius 1 is 1.20 bits per heavy atom. The molecule has 1 aromatic rings. The number of benzene rings is 1. The van der Waals surface area contributed by atoms with Gasteiger partial charge in [-0.1, -0.05) is 0 Å². The van der Waals surface area contributed by atoms with Crippen molar-refractivity contribution in [1.82, 2.24) is 0 Å². The number of nitrogens with one attached hydrogen (secondary N) is 1. The van der Waals surface area contributed by atoms with Crippen LogP contribution in [0.5, 0.6) is 0 Å². The first-order chi connectivity index (χ1) is 7.16. The highest BCUT2D eigenvalue weighted by molar-refractivity contribution is 5.45. The maximum absolute atomic E-state index is 13.1. The highest BCUT2D eigenvalue weighted by Crippen LogP contribution is 2.19. The summed E-state index contributed by atoms with van der Waals surface area (Å²) in [5.74, 6) is -1.43. The third-order valence-electron chi connectivity index (χ3n) is 1.85. The van der Waals surface area contributed by atoms with Gasteiger partial charge in [0.25, 0.3) is 0 Å². The maximum Gasteiger partial charge on any atom is 0.196 e. The van der Waals surface area contributed by atoms with Gasteiger partial charge in [0.05, 0.1) is 5.69 Å². The number of hydrogen-bond acceptors (Lipinski definition) is 1. The maximum atomic E-state index is 13.1. The molecular formula is C11H10F3N. The van der Waals surface area contributed by atoms with Gasteiger partial charge in [-0.15, -0.1) is 12.3 Å². The zero-order valence-electron chi connectivity index (χ0n) is 7.99. The van der Waals surface area contributed by atoms with E-state index in [2.05, 4.69) is 11.2 Å². The first-order valence-electron chi connectivity index (χ1n) is 4.47. The summed E-state index contributed by atoms with van der Waals surface area (Å²) in [5, 5.41) is 2.64. The van der Waals surface area contributed by atoms with Gasteiger partial charge in [-0.05, 0) is 18.6 Å². The Balaban J connectivity index is 2.63. The molecule has 0 aromatic heterocycles. The van der Waals surface area contributed by atoms with Gasteiger partial charge in [-0.2, -0.15) is 0 Å². The van der Waals surface area contributed by atoms with Gasteiger partial charge < -0.3 is 5.32 Å². The monoisotopic (exact) mass is 213 g/mol. The van der Waals surface area contributed by atoms with Crippen LogP contribution in [-0.2, 0) is 0 Å². The lowest BCUT2D eigenvalue weighted by atomic mass is 10.2. The molecular weight excluding hydrogens is 203 g/mol. The first kappa shape index (κ1) is 11.4. The third kappa shape index (κ3) is 2.91. The minimum atomic E-state index is -1.46. The average Bonchev–Trinajstić information content (AvgIpc) is 2.24. The molecule has 0 amide bonds. The van der Waals surface area contributed by atoms with E-state index in [0.717, 1.165) is 12.1 Å². The van der Waals surface area contributed by atoms with Gasteiger partial charge in [-0.25, -0.2) is 13.2 Å². The average molecular weight is 213 g/mol. The van der Waals surface area contributed by atoms with Crippen molar-refractivity contribution in [3.8, 4) is 12.3 Å². The molecule has 15 heavy (non-hydrogen) atoms. The minimum Gasteiger partial charge on any atom is -0.383 e. The molecule has 0 fully saturated rings. The summed E-state index contributed by atoms with van der Waals surface area (Å²) in [4.78, 5) is 0. The van der Waals surface area contributed by atoms with Gasteiger partial charge >= 0.3 is 0 Å². The van der Waals surface area contributed by atoms with E-state index in [4.69, 9.17) is 6.42 Å². The summed E-state index contributed by atoms with van der Waals surface area (Å²) in [5.41, 5.74) is -0.0501. The molecule has 0 aliphatic carbocycles. The Kier molecular flexibility index (Phi) is 4.04. The van der Waals surface area contributed by atoms with E-state index in [1.54, 1.807) is 0 Å². The van der Waals surface area contributed by atoms with Crippen LogP contribution in [0, 0.1) is 29.8 Å². The second kappa shape index (κ2) is 5.30. The fourth-order valence-electron chi connectivity index (χ4n) is 1.08. The van der Waals surface area contributed by atoms with E-state index >= 15 is 0 Å². The quantitative estimate of drug-likeness (QED) is 0.460. The highest BCUT2D eigenvalue weighted by Gasteiger charge is 2.12. The van der Waals surface area contributed by atoms with E-state index < -0.39 is 17.5 Å². The summed E-state index contributed by atoms with van der Waals surface area (Å²) in [6.07, 6.45) is 6.22. The second-order valence-electron chi connectivity index (χ2n) is 2.96. The van der Waals surface area contributed by atoms with Gasteiger partial charge in [0, 0.05) is 13.0 Å². The molecule has 0 unspecified atom stereocenters. The lowest BCUT2D eigenvalue weighted by Gasteiger charge is -2.07. The Bertz CT molecular complexity index is 382. The molecule has 0 heterocycles. The van der Waals surface area contributed by atoms with Crippen molar-refractivity contribution >= 4 is 5.69 Å². The van der Waals surface area contributed by atoms with Crippen LogP contribution < -0.4 is 5.32 Å². The third-order valence-corrected chi connectivity index (χ3v) is 1.85. The van der Waals surface area contributed by atoms with Crippen LogP contribution >= 0.6 is 0 Å². The van der Waals surface area contributed by atoms with Crippen molar-refractivity contribution < 1.29 is 13.2 Å². The summed E-state index contributed by atoms with van der Waals surface area (Å²) in [6.45, 7) is 0.423. The summed E-state index contributed by atoms with van der Waals surface area (Å²) in [7, 11) is 0. The predicted molar refractivity (Wildman–Crippen MR) is 52.9 cm³/mol. The molecule has 1 rings (SSSR count).